The molecule has 1 unspecified atom stereocenters. The van der Waals surface area contributed by atoms with Crippen molar-refractivity contribution in [3.05, 3.63) is 70.0 Å². The highest BCUT2D eigenvalue weighted by Crippen LogP contribution is 2.27. The molecule has 1 aliphatic rings. The largest absolute Gasteiger partial charge is 0.313 e. The van der Waals surface area contributed by atoms with Gasteiger partial charge in [-0.05, 0) is 17.2 Å². The molecule has 1 fully saturated rings. The Morgan fingerprint density at radius 3 is 2.88 bits per heavy atom. The first-order valence-electron chi connectivity index (χ1n) is 7.81. The molecule has 0 spiro atoms. The van der Waals surface area contributed by atoms with Crippen LogP contribution in [0, 0.1) is 10.1 Å². The van der Waals surface area contributed by atoms with E-state index in [1.54, 1.807) is 24.5 Å². The van der Waals surface area contributed by atoms with Gasteiger partial charge in [0, 0.05) is 44.2 Å². The van der Waals surface area contributed by atoms with Crippen molar-refractivity contribution in [2.75, 3.05) is 19.6 Å². The zero-order valence-corrected chi connectivity index (χ0v) is 14.2. The highest BCUT2D eigenvalue weighted by molar-refractivity contribution is 7.88. The molecule has 1 aromatic carbocycles. The van der Waals surface area contributed by atoms with Gasteiger partial charge in [-0.2, -0.15) is 4.31 Å². The van der Waals surface area contributed by atoms with Crippen molar-refractivity contribution in [3.63, 3.8) is 0 Å². The molecule has 1 aliphatic heterocycles. The minimum Gasteiger partial charge on any atom is -0.313 e. The molecule has 0 saturated carbocycles. The third kappa shape index (κ3) is 4.01. The number of benzene rings is 1. The van der Waals surface area contributed by atoms with Crippen LogP contribution < -0.4 is 5.32 Å². The van der Waals surface area contributed by atoms with Crippen LogP contribution >= 0.6 is 0 Å². The lowest BCUT2D eigenvalue weighted by Crippen LogP contribution is -2.48. The molecule has 1 N–H and O–H groups in total. The second kappa shape index (κ2) is 7.26. The van der Waals surface area contributed by atoms with Gasteiger partial charge in [0.25, 0.3) is 5.69 Å². The lowest BCUT2D eigenvalue weighted by atomic mass is 10.1. The van der Waals surface area contributed by atoms with E-state index < -0.39 is 14.9 Å². The van der Waals surface area contributed by atoms with Crippen LogP contribution in [0.15, 0.2) is 48.8 Å². The fourth-order valence-electron chi connectivity index (χ4n) is 2.93. The number of aromatic nitrogens is 1. The van der Waals surface area contributed by atoms with Crippen LogP contribution in [0.2, 0.25) is 0 Å². The van der Waals surface area contributed by atoms with Gasteiger partial charge in [0.05, 0.1) is 16.7 Å². The fraction of sp³-hybridized carbons (Fsp3) is 0.312. The van der Waals surface area contributed by atoms with Crippen molar-refractivity contribution < 1.29 is 13.3 Å². The van der Waals surface area contributed by atoms with Crippen molar-refractivity contribution in [2.24, 2.45) is 0 Å². The Labute approximate surface area is 145 Å². The van der Waals surface area contributed by atoms with Crippen molar-refractivity contribution in [3.8, 4) is 0 Å². The quantitative estimate of drug-likeness (QED) is 0.638. The van der Waals surface area contributed by atoms with Gasteiger partial charge in [-0.25, -0.2) is 8.42 Å². The van der Waals surface area contributed by atoms with Crippen LogP contribution in [0.5, 0.6) is 0 Å². The summed E-state index contributed by atoms with van der Waals surface area (Å²) < 4.78 is 27.3. The summed E-state index contributed by atoms with van der Waals surface area (Å²) in [6.45, 7) is 1.40. The molecule has 0 radical (unpaired) electrons. The van der Waals surface area contributed by atoms with Gasteiger partial charge in [-0.15, -0.1) is 0 Å². The van der Waals surface area contributed by atoms with Gasteiger partial charge in [0.15, 0.2) is 0 Å². The molecular formula is C16H18N4O4S. The molecule has 2 heterocycles. The zero-order chi connectivity index (χ0) is 17.9. The predicted molar refractivity (Wildman–Crippen MR) is 92.3 cm³/mol. The molecular weight excluding hydrogens is 344 g/mol. The van der Waals surface area contributed by atoms with E-state index in [4.69, 9.17) is 0 Å². The SMILES string of the molecule is O=[N+]([O-])c1cccc(CS(=O)(=O)N2CCNCC2c2cccnc2)c1. The summed E-state index contributed by atoms with van der Waals surface area (Å²) in [6.07, 6.45) is 3.30. The minimum absolute atomic E-state index is 0.114. The highest BCUT2D eigenvalue weighted by atomic mass is 32.2. The molecule has 8 nitrogen and oxygen atoms in total. The maximum absolute atomic E-state index is 12.9. The number of nitro benzene ring substituents is 1. The lowest BCUT2D eigenvalue weighted by molar-refractivity contribution is -0.384. The Balaban J connectivity index is 1.87. The number of sulfonamides is 1. The Morgan fingerprint density at radius 2 is 2.16 bits per heavy atom. The molecule has 3 rings (SSSR count). The summed E-state index contributed by atoms with van der Waals surface area (Å²) in [7, 11) is -3.63. The second-order valence-electron chi connectivity index (χ2n) is 5.80. The maximum Gasteiger partial charge on any atom is 0.269 e. The first-order chi connectivity index (χ1) is 12.0. The van der Waals surface area contributed by atoms with Gasteiger partial charge in [-0.3, -0.25) is 15.1 Å². The molecule has 0 amide bonds. The van der Waals surface area contributed by atoms with Crippen LogP contribution in [0.4, 0.5) is 5.69 Å². The monoisotopic (exact) mass is 362 g/mol. The lowest BCUT2D eigenvalue weighted by Gasteiger charge is -2.35. The number of rotatable bonds is 5. The van der Waals surface area contributed by atoms with Crippen molar-refractivity contribution in [2.45, 2.75) is 11.8 Å². The molecule has 25 heavy (non-hydrogen) atoms. The van der Waals surface area contributed by atoms with Gasteiger partial charge < -0.3 is 5.32 Å². The molecule has 2 aromatic rings. The van der Waals surface area contributed by atoms with E-state index in [0.717, 1.165) is 5.56 Å². The Bertz CT molecular complexity index is 857. The number of nitro groups is 1. The third-order valence-corrected chi connectivity index (χ3v) is 5.94. The molecule has 9 heteroatoms. The van der Waals surface area contributed by atoms with Gasteiger partial charge >= 0.3 is 0 Å². The van der Waals surface area contributed by atoms with E-state index in [0.29, 0.717) is 25.2 Å². The number of hydrogen-bond acceptors (Lipinski definition) is 6. The van der Waals surface area contributed by atoms with E-state index in [9.17, 15) is 18.5 Å². The van der Waals surface area contributed by atoms with Crippen molar-refractivity contribution in [1.82, 2.24) is 14.6 Å². The normalized spacial score (nSPS) is 18.8. The average Bonchev–Trinajstić information content (AvgIpc) is 2.62. The molecule has 0 aliphatic carbocycles. The highest BCUT2D eigenvalue weighted by Gasteiger charge is 2.33. The number of non-ortho nitro benzene ring substituents is 1. The Kier molecular flexibility index (Phi) is 5.07. The third-order valence-electron chi connectivity index (χ3n) is 4.09. The van der Waals surface area contributed by atoms with E-state index in [2.05, 4.69) is 10.3 Å². The van der Waals surface area contributed by atoms with Crippen LogP contribution in [-0.4, -0.2) is 42.3 Å². The van der Waals surface area contributed by atoms with Gasteiger partial charge in [0.1, 0.15) is 0 Å². The molecule has 1 atom stereocenters. The second-order valence-corrected chi connectivity index (χ2v) is 7.72. The van der Waals surface area contributed by atoms with E-state index in [-0.39, 0.29) is 17.5 Å². The fourth-order valence-corrected chi connectivity index (χ4v) is 4.65. The standard InChI is InChI=1S/C16H18N4O4S/c21-20(22)15-5-1-3-13(9-15)12-25(23,24)19-8-7-18-11-16(19)14-4-2-6-17-10-14/h1-6,9-10,16,18H,7-8,11-12H2. The number of nitrogens with zero attached hydrogens (tertiary/aromatic N) is 3. The molecule has 1 aromatic heterocycles. The van der Waals surface area contributed by atoms with E-state index >= 15 is 0 Å². The number of hydrogen-bond donors (Lipinski definition) is 1. The summed E-state index contributed by atoms with van der Waals surface area (Å²) in [4.78, 5) is 14.4. The van der Waals surface area contributed by atoms with Crippen LogP contribution in [-0.2, 0) is 15.8 Å². The molecule has 132 valence electrons. The van der Waals surface area contributed by atoms with Crippen molar-refractivity contribution >= 4 is 15.7 Å². The smallest absolute Gasteiger partial charge is 0.269 e. The number of nitrogens with one attached hydrogen (secondary N) is 1. The van der Waals surface area contributed by atoms with Crippen molar-refractivity contribution in [1.29, 1.82) is 0 Å². The van der Waals surface area contributed by atoms with Gasteiger partial charge in [-0.1, -0.05) is 18.2 Å². The summed E-state index contributed by atoms with van der Waals surface area (Å²) >= 11 is 0. The van der Waals surface area contributed by atoms with Crippen LogP contribution in [0.3, 0.4) is 0 Å². The van der Waals surface area contributed by atoms with Crippen LogP contribution in [0.25, 0.3) is 0 Å². The summed E-state index contributed by atoms with van der Waals surface area (Å²) in [6, 6.07) is 9.02. The topological polar surface area (TPSA) is 105 Å². The Hall–Kier alpha value is -2.36. The molecule has 0 bridgehead atoms. The Morgan fingerprint density at radius 1 is 1.32 bits per heavy atom. The number of piperazine rings is 1. The average molecular weight is 362 g/mol. The van der Waals surface area contributed by atoms with E-state index in [1.807, 2.05) is 6.07 Å². The van der Waals surface area contributed by atoms with E-state index in [1.165, 1.54) is 22.5 Å². The minimum atomic E-state index is -3.63. The maximum atomic E-state index is 12.9. The summed E-state index contributed by atoms with van der Waals surface area (Å²) in [5.74, 6) is -0.272. The van der Waals surface area contributed by atoms with Gasteiger partial charge in [0.2, 0.25) is 10.0 Å². The number of pyridine rings is 1. The summed E-state index contributed by atoms with van der Waals surface area (Å²) in [5.41, 5.74) is 1.10. The van der Waals surface area contributed by atoms with Crippen LogP contribution in [0.1, 0.15) is 17.2 Å². The zero-order valence-electron chi connectivity index (χ0n) is 13.4. The first kappa shape index (κ1) is 17.5. The predicted octanol–water partition coefficient (Wildman–Crippen LogP) is 1.47. The first-order valence-corrected chi connectivity index (χ1v) is 9.42. The molecule has 1 saturated heterocycles. The summed E-state index contributed by atoms with van der Waals surface area (Å²) in [5, 5.41) is 14.1.